The SMILES string of the molecule is CC#CCn1c(Cl)c(C#N)c2ncn(CC(=O)c3ccccc3)c(=O)c21. The van der Waals surface area contributed by atoms with Crippen LogP contribution in [0.5, 0.6) is 0 Å². The minimum absolute atomic E-state index is 0.113. The van der Waals surface area contributed by atoms with Crippen LogP contribution in [0.2, 0.25) is 5.15 Å². The number of Topliss-reactive ketones (excluding diaryl/α,β-unsaturated/α-hetero) is 1. The number of hydrogen-bond donors (Lipinski definition) is 0. The lowest BCUT2D eigenvalue weighted by Crippen LogP contribution is -2.26. The van der Waals surface area contributed by atoms with E-state index in [1.807, 2.05) is 12.1 Å². The lowest BCUT2D eigenvalue weighted by atomic mass is 10.1. The number of carbonyl (C=O) groups excluding carboxylic acids is 1. The van der Waals surface area contributed by atoms with E-state index in [4.69, 9.17) is 11.6 Å². The standard InChI is InChI=1S/C19H13ClN4O2/c1-2-3-9-24-17-16(14(10-21)18(24)20)22-12-23(19(17)26)11-15(25)13-7-5-4-6-8-13/h4-8,12H,9,11H2,1H3. The molecule has 0 radical (unpaired) electrons. The first-order valence-electron chi connectivity index (χ1n) is 7.73. The van der Waals surface area contributed by atoms with Gasteiger partial charge < -0.3 is 4.57 Å². The number of hydrogen-bond acceptors (Lipinski definition) is 4. The molecular formula is C19H13ClN4O2. The molecule has 2 heterocycles. The van der Waals surface area contributed by atoms with Crippen LogP contribution in [-0.4, -0.2) is 19.9 Å². The highest BCUT2D eigenvalue weighted by atomic mass is 35.5. The van der Waals surface area contributed by atoms with Crippen molar-refractivity contribution < 1.29 is 4.79 Å². The maximum atomic E-state index is 12.9. The van der Waals surface area contributed by atoms with Crippen molar-refractivity contribution in [3.63, 3.8) is 0 Å². The summed E-state index contributed by atoms with van der Waals surface area (Å²) in [6, 6.07) is 10.7. The Hall–Kier alpha value is -3.35. The van der Waals surface area contributed by atoms with Crippen LogP contribution in [0.3, 0.4) is 0 Å². The Bertz CT molecular complexity index is 1160. The van der Waals surface area contributed by atoms with E-state index in [9.17, 15) is 14.9 Å². The second-order valence-electron chi connectivity index (χ2n) is 5.45. The van der Waals surface area contributed by atoms with E-state index in [-0.39, 0.29) is 40.6 Å². The Morgan fingerprint density at radius 3 is 2.69 bits per heavy atom. The highest BCUT2D eigenvalue weighted by Crippen LogP contribution is 2.25. The topological polar surface area (TPSA) is 80.7 Å². The highest BCUT2D eigenvalue weighted by molar-refractivity contribution is 6.32. The molecule has 1 aromatic carbocycles. The van der Waals surface area contributed by atoms with Crippen LogP contribution in [0.4, 0.5) is 0 Å². The number of halogens is 1. The van der Waals surface area contributed by atoms with Crippen molar-refractivity contribution >= 4 is 28.4 Å². The molecule has 0 N–H and O–H groups in total. The van der Waals surface area contributed by atoms with Gasteiger partial charge in [-0.2, -0.15) is 5.26 Å². The Kier molecular flexibility index (Phi) is 4.88. The largest absolute Gasteiger partial charge is 0.313 e. The Labute approximate surface area is 154 Å². The third-order valence-corrected chi connectivity index (χ3v) is 4.29. The first kappa shape index (κ1) is 17.5. The predicted octanol–water partition coefficient (Wildman–Crippen LogP) is 2.63. The van der Waals surface area contributed by atoms with Crippen molar-refractivity contribution in [1.82, 2.24) is 14.1 Å². The second kappa shape index (κ2) is 7.26. The van der Waals surface area contributed by atoms with Crippen molar-refractivity contribution in [2.24, 2.45) is 0 Å². The quantitative estimate of drug-likeness (QED) is 0.526. The number of benzene rings is 1. The van der Waals surface area contributed by atoms with Crippen LogP contribution in [-0.2, 0) is 13.1 Å². The molecule has 6 nitrogen and oxygen atoms in total. The van der Waals surface area contributed by atoms with Gasteiger partial charge in [-0.1, -0.05) is 47.9 Å². The molecule has 0 atom stereocenters. The lowest BCUT2D eigenvalue weighted by Gasteiger charge is -2.06. The summed E-state index contributed by atoms with van der Waals surface area (Å²) in [4.78, 5) is 29.5. The smallest absolute Gasteiger partial charge is 0.278 e. The average molecular weight is 365 g/mol. The molecule has 3 rings (SSSR count). The van der Waals surface area contributed by atoms with Gasteiger partial charge in [0, 0.05) is 5.56 Å². The number of rotatable bonds is 4. The minimum Gasteiger partial charge on any atom is -0.313 e. The number of aromatic nitrogens is 3. The molecule has 0 amide bonds. The predicted molar refractivity (Wildman–Crippen MR) is 97.9 cm³/mol. The third kappa shape index (κ3) is 2.99. The summed E-state index contributed by atoms with van der Waals surface area (Å²) in [5.41, 5.74) is 0.558. The Morgan fingerprint density at radius 2 is 2.04 bits per heavy atom. The van der Waals surface area contributed by atoms with Gasteiger partial charge in [0.15, 0.2) is 5.78 Å². The van der Waals surface area contributed by atoms with Gasteiger partial charge in [0.1, 0.15) is 27.8 Å². The monoisotopic (exact) mass is 364 g/mol. The molecule has 3 aromatic rings. The zero-order valence-corrected chi connectivity index (χ0v) is 14.6. The van der Waals surface area contributed by atoms with Gasteiger partial charge in [-0.15, -0.1) is 5.92 Å². The first-order valence-corrected chi connectivity index (χ1v) is 8.11. The summed E-state index contributed by atoms with van der Waals surface area (Å²) < 4.78 is 2.66. The Morgan fingerprint density at radius 1 is 1.31 bits per heavy atom. The molecule has 0 aliphatic rings. The van der Waals surface area contributed by atoms with Gasteiger partial charge in [0.05, 0.1) is 19.4 Å². The molecule has 2 aromatic heterocycles. The summed E-state index contributed by atoms with van der Waals surface area (Å²) in [5.74, 6) is 5.34. The van der Waals surface area contributed by atoms with Crippen molar-refractivity contribution in [2.45, 2.75) is 20.0 Å². The summed E-state index contributed by atoms with van der Waals surface area (Å²) in [7, 11) is 0. The number of nitriles is 1. The van der Waals surface area contributed by atoms with Gasteiger partial charge in [0.2, 0.25) is 0 Å². The van der Waals surface area contributed by atoms with Gasteiger partial charge >= 0.3 is 0 Å². The van der Waals surface area contributed by atoms with Gasteiger partial charge in [-0.25, -0.2) is 4.98 Å². The van der Waals surface area contributed by atoms with Crippen LogP contribution >= 0.6 is 11.6 Å². The van der Waals surface area contributed by atoms with E-state index in [1.54, 1.807) is 31.2 Å². The van der Waals surface area contributed by atoms with Gasteiger partial charge in [-0.3, -0.25) is 14.2 Å². The van der Waals surface area contributed by atoms with Crippen molar-refractivity contribution in [3.05, 3.63) is 63.3 Å². The molecule has 26 heavy (non-hydrogen) atoms. The third-order valence-electron chi connectivity index (χ3n) is 3.90. The van der Waals surface area contributed by atoms with Crippen LogP contribution < -0.4 is 5.56 Å². The number of carbonyl (C=O) groups is 1. The molecule has 0 bridgehead atoms. The highest BCUT2D eigenvalue weighted by Gasteiger charge is 2.21. The summed E-state index contributed by atoms with van der Waals surface area (Å²) in [6.07, 6.45) is 1.26. The fourth-order valence-corrected chi connectivity index (χ4v) is 2.90. The number of ketones is 1. The zero-order chi connectivity index (χ0) is 18.7. The summed E-state index contributed by atoms with van der Waals surface area (Å²) in [5, 5.41) is 9.44. The fraction of sp³-hybridized carbons (Fsp3) is 0.158. The van der Waals surface area contributed by atoms with E-state index in [0.717, 1.165) is 0 Å². The molecule has 128 valence electrons. The molecule has 7 heteroatoms. The average Bonchev–Trinajstić information content (AvgIpc) is 2.94. The van der Waals surface area contributed by atoms with E-state index in [0.29, 0.717) is 5.56 Å². The van der Waals surface area contributed by atoms with Gasteiger partial charge in [-0.05, 0) is 6.92 Å². The maximum absolute atomic E-state index is 12.9. The normalized spacial score (nSPS) is 10.2. The van der Waals surface area contributed by atoms with Crippen molar-refractivity contribution in [2.75, 3.05) is 0 Å². The van der Waals surface area contributed by atoms with Crippen LogP contribution in [0.15, 0.2) is 41.5 Å². The summed E-state index contributed by atoms with van der Waals surface area (Å²) in [6.45, 7) is 1.66. The first-order chi connectivity index (χ1) is 12.6. The molecule has 0 unspecified atom stereocenters. The van der Waals surface area contributed by atoms with E-state index in [1.165, 1.54) is 15.5 Å². The van der Waals surface area contributed by atoms with E-state index < -0.39 is 5.56 Å². The van der Waals surface area contributed by atoms with Crippen molar-refractivity contribution in [3.8, 4) is 17.9 Å². The number of nitrogens with zero attached hydrogens (tertiary/aromatic N) is 4. The van der Waals surface area contributed by atoms with E-state index in [2.05, 4.69) is 16.8 Å². The maximum Gasteiger partial charge on any atom is 0.278 e. The van der Waals surface area contributed by atoms with Crippen molar-refractivity contribution in [1.29, 1.82) is 5.26 Å². The lowest BCUT2D eigenvalue weighted by molar-refractivity contribution is 0.0970. The minimum atomic E-state index is -0.444. The van der Waals surface area contributed by atoms with Crippen LogP contribution in [0, 0.1) is 23.2 Å². The van der Waals surface area contributed by atoms with E-state index >= 15 is 0 Å². The molecular weight excluding hydrogens is 352 g/mol. The summed E-state index contributed by atoms with van der Waals surface area (Å²) >= 11 is 6.23. The van der Waals surface area contributed by atoms with Crippen LogP contribution in [0.25, 0.3) is 11.0 Å². The zero-order valence-electron chi connectivity index (χ0n) is 13.9. The second-order valence-corrected chi connectivity index (χ2v) is 5.81. The fourth-order valence-electron chi connectivity index (χ4n) is 2.62. The Balaban J connectivity index is 2.13. The molecule has 0 saturated carbocycles. The molecule has 0 fully saturated rings. The molecule has 0 saturated heterocycles. The number of fused-ring (bicyclic) bond motifs is 1. The molecule has 0 aliphatic heterocycles. The van der Waals surface area contributed by atoms with Gasteiger partial charge in [0.25, 0.3) is 5.56 Å². The van der Waals surface area contributed by atoms with Crippen LogP contribution in [0.1, 0.15) is 22.8 Å². The molecule has 0 spiro atoms. The molecule has 0 aliphatic carbocycles.